The normalized spacial score (nSPS) is 13.2. The van der Waals surface area contributed by atoms with Gasteiger partial charge in [0.15, 0.2) is 0 Å². The molecule has 0 saturated carbocycles. The molecule has 5 nitrogen and oxygen atoms in total. The molecule has 0 aliphatic carbocycles. The van der Waals surface area contributed by atoms with E-state index in [1.807, 2.05) is 22.4 Å². The zero-order valence-electron chi connectivity index (χ0n) is 11.8. The van der Waals surface area contributed by atoms with E-state index >= 15 is 0 Å². The highest BCUT2D eigenvalue weighted by molar-refractivity contribution is 9.10. The minimum absolute atomic E-state index is 0.236. The average Bonchev–Trinajstić information content (AvgIpc) is 2.91. The van der Waals surface area contributed by atoms with E-state index in [2.05, 4.69) is 46.9 Å². The quantitative estimate of drug-likeness (QED) is 0.940. The van der Waals surface area contributed by atoms with Crippen molar-refractivity contribution in [3.05, 3.63) is 33.8 Å². The molecule has 2 N–H and O–H groups in total. The summed E-state index contributed by atoms with van der Waals surface area (Å²) in [6.45, 7) is 9.05. The largest absolute Gasteiger partial charge is 0.318 e. The smallest absolute Gasteiger partial charge is 0.0905 e. The van der Waals surface area contributed by atoms with Crippen molar-refractivity contribution in [1.29, 1.82) is 0 Å². The third-order valence-corrected chi connectivity index (χ3v) is 3.73. The Morgan fingerprint density at radius 1 is 1.42 bits per heavy atom. The Hall–Kier alpha value is -1.14. The van der Waals surface area contributed by atoms with E-state index in [1.165, 1.54) is 0 Å². The molecule has 6 heteroatoms. The number of nitrogens with two attached hydrogens (primary N) is 1. The average molecular weight is 326 g/mol. The summed E-state index contributed by atoms with van der Waals surface area (Å²) < 4.78 is 4.84. The molecule has 0 spiro atoms. The molecule has 0 aromatic carbocycles. The van der Waals surface area contributed by atoms with Gasteiger partial charge in [-0.1, -0.05) is 0 Å². The number of hydrogen-bond acceptors (Lipinski definition) is 3. The van der Waals surface area contributed by atoms with Crippen molar-refractivity contribution in [1.82, 2.24) is 19.6 Å². The zero-order valence-corrected chi connectivity index (χ0v) is 13.3. The maximum atomic E-state index is 6.44. The van der Waals surface area contributed by atoms with Crippen LogP contribution >= 0.6 is 15.9 Å². The molecule has 1 unspecified atom stereocenters. The maximum Gasteiger partial charge on any atom is 0.0905 e. The lowest BCUT2D eigenvalue weighted by atomic mass is 10.1. The van der Waals surface area contributed by atoms with Gasteiger partial charge in [-0.2, -0.15) is 10.2 Å². The molecule has 2 aromatic rings. The second-order valence-electron chi connectivity index (χ2n) is 4.92. The highest BCUT2D eigenvalue weighted by Crippen LogP contribution is 2.29. The Labute approximate surface area is 121 Å². The summed E-state index contributed by atoms with van der Waals surface area (Å²) in [4.78, 5) is 0. The Kier molecular flexibility index (Phi) is 4.10. The standard InChI is InChI=1S/C13H20BrN5/c1-5-18-11(6-9(4)17-18)12(15)13-10(14)7-16-19(13)8(2)3/h6-8,12H,5,15H2,1-4H3. The number of rotatable bonds is 4. The number of halogens is 1. The summed E-state index contributed by atoms with van der Waals surface area (Å²) in [5.41, 5.74) is 9.43. The van der Waals surface area contributed by atoms with Gasteiger partial charge >= 0.3 is 0 Å². The van der Waals surface area contributed by atoms with E-state index in [4.69, 9.17) is 5.73 Å². The predicted molar refractivity (Wildman–Crippen MR) is 79.0 cm³/mol. The van der Waals surface area contributed by atoms with Gasteiger partial charge < -0.3 is 5.73 Å². The fourth-order valence-electron chi connectivity index (χ4n) is 2.26. The van der Waals surface area contributed by atoms with Crippen LogP contribution in [-0.2, 0) is 6.54 Å². The summed E-state index contributed by atoms with van der Waals surface area (Å²) >= 11 is 3.54. The van der Waals surface area contributed by atoms with Crippen LogP contribution in [0.3, 0.4) is 0 Å². The summed E-state index contributed by atoms with van der Waals surface area (Å²) in [6.07, 6.45) is 1.80. The molecule has 0 amide bonds. The molecule has 2 aromatic heterocycles. The molecule has 2 heterocycles. The van der Waals surface area contributed by atoms with Crippen LogP contribution in [0.4, 0.5) is 0 Å². The van der Waals surface area contributed by atoms with Gasteiger partial charge in [0.2, 0.25) is 0 Å². The number of hydrogen-bond donors (Lipinski definition) is 1. The van der Waals surface area contributed by atoms with Crippen molar-refractivity contribution < 1.29 is 0 Å². The van der Waals surface area contributed by atoms with Gasteiger partial charge in [-0.05, 0) is 49.7 Å². The first kappa shape index (κ1) is 14.3. The maximum absolute atomic E-state index is 6.44. The van der Waals surface area contributed by atoms with E-state index in [-0.39, 0.29) is 12.1 Å². The molecule has 104 valence electrons. The van der Waals surface area contributed by atoms with Crippen molar-refractivity contribution in [3.8, 4) is 0 Å². The van der Waals surface area contributed by atoms with Crippen molar-refractivity contribution in [3.63, 3.8) is 0 Å². The highest BCUT2D eigenvalue weighted by atomic mass is 79.9. The van der Waals surface area contributed by atoms with Gasteiger partial charge in [0.1, 0.15) is 0 Å². The van der Waals surface area contributed by atoms with Gasteiger partial charge in [0, 0.05) is 12.6 Å². The monoisotopic (exact) mass is 325 g/mol. The summed E-state index contributed by atoms with van der Waals surface area (Å²) in [6, 6.07) is 2.07. The van der Waals surface area contributed by atoms with Crippen LogP contribution in [0.2, 0.25) is 0 Å². The summed E-state index contributed by atoms with van der Waals surface area (Å²) in [5, 5.41) is 8.84. The number of aromatic nitrogens is 4. The van der Waals surface area contributed by atoms with Crippen LogP contribution in [0.15, 0.2) is 16.7 Å². The fourth-order valence-corrected chi connectivity index (χ4v) is 2.78. The van der Waals surface area contributed by atoms with E-state index in [0.29, 0.717) is 0 Å². The van der Waals surface area contributed by atoms with Gasteiger partial charge in [-0.25, -0.2) is 0 Å². The molecule has 0 radical (unpaired) electrons. The third kappa shape index (κ3) is 2.60. The van der Waals surface area contributed by atoms with E-state index in [0.717, 1.165) is 28.1 Å². The van der Waals surface area contributed by atoms with Gasteiger partial charge in [-0.3, -0.25) is 9.36 Å². The first-order valence-electron chi connectivity index (χ1n) is 6.48. The first-order chi connectivity index (χ1) is 8.95. The van der Waals surface area contributed by atoms with Crippen LogP contribution in [0.5, 0.6) is 0 Å². The molecule has 19 heavy (non-hydrogen) atoms. The molecule has 0 fully saturated rings. The van der Waals surface area contributed by atoms with Gasteiger partial charge in [0.25, 0.3) is 0 Å². The summed E-state index contributed by atoms with van der Waals surface area (Å²) in [5.74, 6) is 0. The van der Waals surface area contributed by atoms with Crippen LogP contribution in [-0.4, -0.2) is 19.6 Å². The third-order valence-electron chi connectivity index (χ3n) is 3.12. The molecule has 0 bridgehead atoms. The molecular formula is C13H20BrN5. The minimum Gasteiger partial charge on any atom is -0.318 e. The Bertz CT molecular complexity index is 570. The Morgan fingerprint density at radius 3 is 2.68 bits per heavy atom. The number of nitrogens with zero attached hydrogens (tertiary/aromatic N) is 4. The lowest BCUT2D eigenvalue weighted by molar-refractivity contribution is 0.488. The molecule has 1 atom stereocenters. The lowest BCUT2D eigenvalue weighted by Crippen LogP contribution is -2.22. The lowest BCUT2D eigenvalue weighted by Gasteiger charge is -2.18. The van der Waals surface area contributed by atoms with Gasteiger partial charge in [-0.15, -0.1) is 0 Å². The topological polar surface area (TPSA) is 61.7 Å². The highest BCUT2D eigenvalue weighted by Gasteiger charge is 2.22. The SMILES string of the molecule is CCn1nc(C)cc1C(N)c1c(Br)cnn1C(C)C. The van der Waals surface area contributed by atoms with Crippen molar-refractivity contribution in [2.45, 2.75) is 46.3 Å². The van der Waals surface area contributed by atoms with E-state index in [9.17, 15) is 0 Å². The van der Waals surface area contributed by atoms with E-state index < -0.39 is 0 Å². The zero-order chi connectivity index (χ0) is 14.2. The fraction of sp³-hybridized carbons (Fsp3) is 0.538. The Balaban J connectivity index is 2.49. The second-order valence-corrected chi connectivity index (χ2v) is 5.77. The Morgan fingerprint density at radius 2 is 2.11 bits per heavy atom. The molecule has 0 aliphatic rings. The molecular weight excluding hydrogens is 306 g/mol. The molecule has 0 aliphatic heterocycles. The first-order valence-corrected chi connectivity index (χ1v) is 7.27. The van der Waals surface area contributed by atoms with Crippen LogP contribution < -0.4 is 5.73 Å². The van der Waals surface area contributed by atoms with Crippen molar-refractivity contribution in [2.75, 3.05) is 0 Å². The van der Waals surface area contributed by atoms with Crippen LogP contribution in [0.25, 0.3) is 0 Å². The molecule has 0 saturated heterocycles. The second kappa shape index (κ2) is 5.46. The minimum atomic E-state index is -0.236. The van der Waals surface area contributed by atoms with E-state index in [1.54, 1.807) is 6.20 Å². The molecule has 2 rings (SSSR count). The van der Waals surface area contributed by atoms with Gasteiger partial charge in [0.05, 0.1) is 33.8 Å². The van der Waals surface area contributed by atoms with Crippen LogP contribution in [0, 0.1) is 6.92 Å². The number of aryl methyl sites for hydroxylation is 2. The van der Waals surface area contributed by atoms with Crippen LogP contribution in [0.1, 0.15) is 49.9 Å². The predicted octanol–water partition coefficient (Wildman–Crippen LogP) is 2.80. The van der Waals surface area contributed by atoms with Crippen molar-refractivity contribution in [2.24, 2.45) is 5.73 Å². The summed E-state index contributed by atoms with van der Waals surface area (Å²) in [7, 11) is 0. The van der Waals surface area contributed by atoms with Crippen molar-refractivity contribution >= 4 is 15.9 Å².